The van der Waals surface area contributed by atoms with Crippen LogP contribution in [0.15, 0.2) is 52.3 Å². The average molecular weight is 445 g/mol. The van der Waals surface area contributed by atoms with E-state index in [1.807, 2.05) is 24.5 Å². The number of benzene rings is 2. The summed E-state index contributed by atoms with van der Waals surface area (Å²) < 4.78 is 10.6. The van der Waals surface area contributed by atoms with Gasteiger partial charge in [0.15, 0.2) is 11.5 Å². The fraction of sp³-hybridized carbons (Fsp3) is 0.190. The van der Waals surface area contributed by atoms with Gasteiger partial charge >= 0.3 is 0 Å². The molecule has 0 aromatic heterocycles. The zero-order chi connectivity index (χ0) is 21.7. The summed E-state index contributed by atoms with van der Waals surface area (Å²) in [5, 5.41) is 2.22. The third kappa shape index (κ3) is 4.80. The Morgan fingerprint density at radius 3 is 2.63 bits per heavy atom. The number of imide groups is 1. The number of rotatable bonds is 7. The molecule has 2 aromatic rings. The lowest BCUT2D eigenvalue weighted by Gasteiger charge is -2.13. The molecule has 0 spiro atoms. The Kier molecular flexibility index (Phi) is 7.07. The molecule has 0 unspecified atom stereocenters. The number of anilines is 1. The van der Waals surface area contributed by atoms with Crippen molar-refractivity contribution in [1.82, 2.24) is 4.90 Å². The highest BCUT2D eigenvalue weighted by Crippen LogP contribution is 2.37. The van der Waals surface area contributed by atoms with Gasteiger partial charge < -0.3 is 14.8 Å². The largest absolute Gasteiger partial charge is 0.493 e. The van der Waals surface area contributed by atoms with Crippen LogP contribution in [-0.4, -0.2) is 49.0 Å². The van der Waals surface area contributed by atoms with Gasteiger partial charge in [-0.2, -0.15) is 0 Å². The van der Waals surface area contributed by atoms with E-state index in [-0.39, 0.29) is 11.4 Å². The van der Waals surface area contributed by atoms with Gasteiger partial charge in [-0.05, 0) is 48.4 Å². The second kappa shape index (κ2) is 9.73. The van der Waals surface area contributed by atoms with Crippen LogP contribution in [0.5, 0.6) is 11.5 Å². The van der Waals surface area contributed by atoms with Gasteiger partial charge in [0.2, 0.25) is 5.91 Å². The summed E-state index contributed by atoms with van der Waals surface area (Å²) in [7, 11) is 3.01. The first kappa shape index (κ1) is 21.8. The number of nitrogens with zero attached hydrogens (tertiary/aromatic N) is 1. The van der Waals surface area contributed by atoms with Crippen LogP contribution in [0.1, 0.15) is 5.56 Å². The molecular formula is C21H20N2O5S2. The van der Waals surface area contributed by atoms with Gasteiger partial charge in [0, 0.05) is 16.1 Å². The van der Waals surface area contributed by atoms with Crippen molar-refractivity contribution in [2.45, 2.75) is 4.90 Å². The zero-order valence-corrected chi connectivity index (χ0v) is 18.3. The lowest BCUT2D eigenvalue weighted by molar-refractivity contribution is -0.127. The van der Waals surface area contributed by atoms with E-state index < -0.39 is 17.1 Å². The van der Waals surface area contributed by atoms with Gasteiger partial charge in [0.25, 0.3) is 11.1 Å². The number of nitrogens with one attached hydrogen (secondary N) is 1. The number of carbonyl (C=O) groups is 3. The lowest BCUT2D eigenvalue weighted by atomic mass is 10.1. The highest BCUT2D eigenvalue weighted by Gasteiger charge is 2.36. The molecule has 1 aliphatic rings. The summed E-state index contributed by atoms with van der Waals surface area (Å²) in [5.41, 5.74) is 1.20. The van der Waals surface area contributed by atoms with Gasteiger partial charge in [-0.15, -0.1) is 11.8 Å². The summed E-state index contributed by atoms with van der Waals surface area (Å²) in [6.07, 6.45) is 3.50. The Labute approximate surface area is 182 Å². The van der Waals surface area contributed by atoms with E-state index in [9.17, 15) is 14.4 Å². The van der Waals surface area contributed by atoms with Crippen molar-refractivity contribution in [3.63, 3.8) is 0 Å². The third-order valence-corrected chi connectivity index (χ3v) is 5.88. The van der Waals surface area contributed by atoms with Gasteiger partial charge in [0.1, 0.15) is 6.54 Å². The molecule has 1 N–H and O–H groups in total. The molecule has 1 fully saturated rings. The van der Waals surface area contributed by atoms with Crippen molar-refractivity contribution in [1.29, 1.82) is 0 Å². The Bertz CT molecular complexity index is 1020. The molecule has 9 heteroatoms. The minimum absolute atomic E-state index is 0.212. The Hall–Kier alpha value is -2.91. The van der Waals surface area contributed by atoms with Crippen LogP contribution < -0.4 is 14.8 Å². The van der Waals surface area contributed by atoms with E-state index >= 15 is 0 Å². The van der Waals surface area contributed by atoms with E-state index in [2.05, 4.69) is 5.32 Å². The van der Waals surface area contributed by atoms with Crippen molar-refractivity contribution in [2.24, 2.45) is 0 Å². The van der Waals surface area contributed by atoms with Crippen molar-refractivity contribution in [3.8, 4) is 11.5 Å². The molecule has 0 atom stereocenters. The Balaban J connectivity index is 1.75. The van der Waals surface area contributed by atoms with Crippen LogP contribution in [0, 0.1) is 0 Å². The summed E-state index contributed by atoms with van der Waals surface area (Å²) in [6, 6.07) is 12.6. The van der Waals surface area contributed by atoms with Gasteiger partial charge in [-0.1, -0.05) is 18.2 Å². The predicted molar refractivity (Wildman–Crippen MR) is 119 cm³/mol. The first-order valence-electron chi connectivity index (χ1n) is 8.87. The number of hydrogen-bond acceptors (Lipinski definition) is 7. The quantitative estimate of drug-likeness (QED) is 0.508. The number of hydrogen-bond donors (Lipinski definition) is 1. The summed E-state index contributed by atoms with van der Waals surface area (Å²) in [6.45, 7) is -0.360. The fourth-order valence-electron chi connectivity index (χ4n) is 2.85. The third-order valence-electron chi connectivity index (χ3n) is 4.25. The topological polar surface area (TPSA) is 84.9 Å². The second-order valence-electron chi connectivity index (χ2n) is 6.13. The number of ether oxygens (including phenoxy) is 2. The maximum atomic E-state index is 12.7. The molecule has 3 rings (SSSR count). The minimum atomic E-state index is -0.525. The number of carbonyl (C=O) groups excluding carboxylic acids is 3. The first-order chi connectivity index (χ1) is 14.5. The molecular weight excluding hydrogens is 424 g/mol. The van der Waals surface area contributed by atoms with E-state index in [1.54, 1.807) is 42.1 Å². The van der Waals surface area contributed by atoms with Crippen LogP contribution >= 0.6 is 23.5 Å². The molecule has 0 bridgehead atoms. The van der Waals surface area contributed by atoms with Crippen molar-refractivity contribution >= 4 is 52.3 Å². The van der Waals surface area contributed by atoms with Crippen molar-refractivity contribution in [3.05, 3.63) is 52.9 Å². The van der Waals surface area contributed by atoms with E-state index in [0.29, 0.717) is 22.7 Å². The SMILES string of the molecule is COc1cccc(/C=C2/SC(=O)N(CC(=O)Nc3cccc(SC)c3)C2=O)c1OC. The first-order valence-corrected chi connectivity index (χ1v) is 10.9. The van der Waals surface area contributed by atoms with Gasteiger partial charge in [0.05, 0.1) is 19.1 Å². The average Bonchev–Trinajstić information content (AvgIpc) is 3.00. The molecule has 3 amide bonds. The molecule has 7 nitrogen and oxygen atoms in total. The van der Waals surface area contributed by atoms with Crippen LogP contribution in [0.25, 0.3) is 6.08 Å². The molecule has 2 aromatic carbocycles. The van der Waals surface area contributed by atoms with Crippen LogP contribution in [0.4, 0.5) is 10.5 Å². The van der Waals surface area contributed by atoms with E-state index in [1.165, 1.54) is 14.2 Å². The standard InChI is InChI=1S/C21H20N2O5S2/c1-27-16-9-4-6-13(19(16)28-2)10-17-20(25)23(21(26)30-17)12-18(24)22-14-7-5-8-15(11-14)29-3/h4-11H,12H2,1-3H3,(H,22,24)/b17-10+. The monoisotopic (exact) mass is 444 g/mol. The van der Waals surface area contributed by atoms with Crippen LogP contribution in [0.3, 0.4) is 0 Å². The zero-order valence-electron chi connectivity index (χ0n) is 16.6. The van der Waals surface area contributed by atoms with Crippen molar-refractivity contribution in [2.75, 3.05) is 32.3 Å². The molecule has 0 radical (unpaired) electrons. The van der Waals surface area contributed by atoms with Crippen LogP contribution in [0.2, 0.25) is 0 Å². The summed E-state index contributed by atoms with van der Waals surface area (Å²) >= 11 is 2.33. The van der Waals surface area contributed by atoms with Crippen molar-refractivity contribution < 1.29 is 23.9 Å². The Morgan fingerprint density at radius 2 is 1.93 bits per heavy atom. The summed E-state index contributed by atoms with van der Waals surface area (Å²) in [5.74, 6) is -0.00537. The number of amides is 3. The maximum Gasteiger partial charge on any atom is 0.294 e. The molecule has 1 heterocycles. The highest BCUT2D eigenvalue weighted by atomic mass is 32.2. The molecule has 1 aliphatic heterocycles. The van der Waals surface area contributed by atoms with E-state index in [0.717, 1.165) is 21.6 Å². The second-order valence-corrected chi connectivity index (χ2v) is 8.00. The number of thioether (sulfide) groups is 2. The highest BCUT2D eigenvalue weighted by molar-refractivity contribution is 8.18. The Morgan fingerprint density at radius 1 is 1.17 bits per heavy atom. The fourth-order valence-corrected chi connectivity index (χ4v) is 4.14. The maximum absolute atomic E-state index is 12.7. The number of para-hydroxylation sites is 1. The molecule has 0 aliphatic carbocycles. The molecule has 30 heavy (non-hydrogen) atoms. The van der Waals surface area contributed by atoms with E-state index in [4.69, 9.17) is 9.47 Å². The minimum Gasteiger partial charge on any atom is -0.493 e. The summed E-state index contributed by atoms with van der Waals surface area (Å²) in [4.78, 5) is 39.6. The lowest BCUT2D eigenvalue weighted by Crippen LogP contribution is -2.36. The number of methoxy groups -OCH3 is 2. The normalized spacial score (nSPS) is 14.9. The predicted octanol–water partition coefficient (Wildman–Crippen LogP) is 4.10. The molecule has 1 saturated heterocycles. The molecule has 156 valence electrons. The van der Waals surface area contributed by atoms with Crippen LogP contribution in [-0.2, 0) is 9.59 Å². The van der Waals surface area contributed by atoms with Gasteiger partial charge in [-0.3, -0.25) is 19.3 Å². The smallest absolute Gasteiger partial charge is 0.294 e. The van der Waals surface area contributed by atoms with Gasteiger partial charge in [-0.25, -0.2) is 0 Å². The molecule has 0 saturated carbocycles.